The molecule has 2 N–H and O–H groups in total. The van der Waals surface area contributed by atoms with Crippen molar-refractivity contribution in [1.29, 1.82) is 0 Å². The number of H-pyrrole nitrogens is 1. The molecule has 0 aliphatic heterocycles. The highest BCUT2D eigenvalue weighted by Gasteiger charge is 2.17. The minimum absolute atomic E-state index is 0.0265. The van der Waals surface area contributed by atoms with Gasteiger partial charge in [0.05, 0.1) is 5.56 Å². The van der Waals surface area contributed by atoms with E-state index in [1.807, 2.05) is 0 Å². The topological polar surface area (TPSA) is 118 Å². The molecule has 0 fully saturated rings. The summed E-state index contributed by atoms with van der Waals surface area (Å²) < 4.78 is 5.20. The van der Waals surface area contributed by atoms with Crippen LogP contribution in [0.4, 0.5) is 5.82 Å². The highest BCUT2D eigenvalue weighted by Crippen LogP contribution is 2.28. The van der Waals surface area contributed by atoms with Gasteiger partial charge in [-0.15, -0.1) is 5.10 Å². The number of carboxylic acid groups (broad SMARTS) is 1. The highest BCUT2D eigenvalue weighted by molar-refractivity contribution is 5.88. The molecule has 0 spiro atoms. The average Bonchev–Trinajstić information content (AvgIpc) is 2.77. The molecule has 0 atom stereocenters. The molecule has 0 aliphatic rings. The fourth-order valence-electron chi connectivity index (χ4n) is 1.29. The summed E-state index contributed by atoms with van der Waals surface area (Å²) in [4.78, 5) is 20.7. The molecule has 1 aromatic carbocycles. The molecule has 0 radical (unpaired) electrons. The lowest BCUT2D eigenvalue weighted by molar-refractivity contribution is -0.390. The van der Waals surface area contributed by atoms with Gasteiger partial charge in [0.2, 0.25) is 5.75 Å². The predicted molar refractivity (Wildman–Crippen MR) is 58.7 cm³/mol. The van der Waals surface area contributed by atoms with Crippen LogP contribution in [-0.2, 0) is 0 Å². The van der Waals surface area contributed by atoms with E-state index in [-0.39, 0.29) is 17.1 Å². The van der Waals surface area contributed by atoms with Gasteiger partial charge in [-0.2, -0.15) is 0 Å². The number of aromatic nitrogens is 2. The third-order valence-corrected chi connectivity index (χ3v) is 2.08. The van der Waals surface area contributed by atoms with Gasteiger partial charge in [-0.25, -0.2) is 4.79 Å². The largest absolute Gasteiger partial charge is 0.478 e. The molecule has 1 heterocycles. The fourth-order valence-corrected chi connectivity index (χ4v) is 1.29. The zero-order valence-corrected chi connectivity index (χ0v) is 8.86. The van der Waals surface area contributed by atoms with E-state index in [2.05, 4.69) is 10.2 Å². The van der Waals surface area contributed by atoms with Gasteiger partial charge in [-0.3, -0.25) is 0 Å². The Morgan fingerprint density at radius 1 is 1.50 bits per heavy atom. The molecule has 1 aromatic heterocycles. The van der Waals surface area contributed by atoms with Crippen LogP contribution in [0.5, 0.6) is 11.5 Å². The van der Waals surface area contributed by atoms with Crippen LogP contribution in [0.25, 0.3) is 0 Å². The van der Waals surface area contributed by atoms with Gasteiger partial charge in [-0.05, 0) is 23.1 Å². The molecule has 8 nitrogen and oxygen atoms in total. The van der Waals surface area contributed by atoms with Gasteiger partial charge in [0.1, 0.15) is 11.9 Å². The summed E-state index contributed by atoms with van der Waals surface area (Å²) in [6.45, 7) is 0. The molecule has 0 aliphatic carbocycles. The molecule has 92 valence electrons. The lowest BCUT2D eigenvalue weighted by atomic mass is 10.2. The van der Waals surface area contributed by atoms with Crippen molar-refractivity contribution in [1.82, 2.24) is 10.2 Å². The Kier molecular flexibility index (Phi) is 2.92. The predicted octanol–water partition coefficient (Wildman–Crippen LogP) is 1.81. The summed E-state index contributed by atoms with van der Waals surface area (Å²) >= 11 is 0. The Hall–Kier alpha value is -2.90. The van der Waals surface area contributed by atoms with Crippen LogP contribution in [0.15, 0.2) is 30.5 Å². The Morgan fingerprint density at radius 3 is 2.94 bits per heavy atom. The zero-order valence-electron chi connectivity index (χ0n) is 8.86. The van der Waals surface area contributed by atoms with Crippen molar-refractivity contribution in [3.8, 4) is 11.5 Å². The van der Waals surface area contributed by atoms with Crippen LogP contribution in [0.1, 0.15) is 10.4 Å². The summed E-state index contributed by atoms with van der Waals surface area (Å²) in [7, 11) is 0. The summed E-state index contributed by atoms with van der Waals surface area (Å²) in [6.07, 6.45) is 1.14. The number of carbonyl (C=O) groups is 1. The van der Waals surface area contributed by atoms with Crippen molar-refractivity contribution in [2.24, 2.45) is 0 Å². The Labute approximate surface area is 100.0 Å². The first-order valence-electron chi connectivity index (χ1n) is 4.77. The summed E-state index contributed by atoms with van der Waals surface area (Å²) in [5.41, 5.74) is 0.0265. The first-order valence-corrected chi connectivity index (χ1v) is 4.77. The zero-order chi connectivity index (χ0) is 13.1. The third kappa shape index (κ3) is 2.26. The van der Waals surface area contributed by atoms with Crippen molar-refractivity contribution in [2.75, 3.05) is 0 Å². The van der Waals surface area contributed by atoms with Gasteiger partial charge in [0.25, 0.3) is 0 Å². The van der Waals surface area contributed by atoms with Crippen LogP contribution in [0, 0.1) is 10.1 Å². The normalized spacial score (nSPS) is 10.0. The van der Waals surface area contributed by atoms with E-state index in [1.54, 1.807) is 0 Å². The first kappa shape index (κ1) is 11.6. The quantitative estimate of drug-likeness (QED) is 0.630. The second kappa shape index (κ2) is 4.53. The Balaban J connectivity index is 2.28. The van der Waals surface area contributed by atoms with Gasteiger partial charge < -0.3 is 20.0 Å². The summed E-state index contributed by atoms with van der Waals surface area (Å²) in [6, 6.07) is 5.62. The number of ether oxygens (including phenoxy) is 1. The van der Waals surface area contributed by atoms with Crippen LogP contribution < -0.4 is 4.74 Å². The van der Waals surface area contributed by atoms with E-state index in [9.17, 15) is 14.9 Å². The Bertz CT molecular complexity index is 607. The molecule has 2 rings (SSSR count). The number of hydrogen-bond acceptors (Lipinski definition) is 5. The lowest BCUT2D eigenvalue weighted by Gasteiger charge is -2.03. The number of nitro groups is 1. The molecule has 0 saturated heterocycles. The van der Waals surface area contributed by atoms with Crippen molar-refractivity contribution >= 4 is 11.8 Å². The van der Waals surface area contributed by atoms with Gasteiger partial charge in [0.15, 0.2) is 0 Å². The second-order valence-electron chi connectivity index (χ2n) is 3.28. The van der Waals surface area contributed by atoms with Crippen molar-refractivity contribution in [3.63, 3.8) is 0 Å². The maximum absolute atomic E-state index is 10.7. The summed E-state index contributed by atoms with van der Waals surface area (Å²) in [5, 5.41) is 25.1. The summed E-state index contributed by atoms with van der Waals surface area (Å²) in [5.74, 6) is -1.40. The van der Waals surface area contributed by atoms with Crippen LogP contribution >= 0.6 is 0 Å². The van der Waals surface area contributed by atoms with Gasteiger partial charge in [0, 0.05) is 0 Å². The van der Waals surface area contributed by atoms with E-state index in [0.29, 0.717) is 0 Å². The molecule has 0 amide bonds. The standard InChI is InChI=1S/C10H7N3O5/c14-10(15)6-2-1-3-7(4-6)18-8-5-11-12-9(8)13(16)17/h1-5H,(H,11,12)(H,14,15). The molecule has 2 aromatic rings. The first-order chi connectivity index (χ1) is 8.58. The van der Waals surface area contributed by atoms with Crippen molar-refractivity contribution < 1.29 is 19.6 Å². The highest BCUT2D eigenvalue weighted by atomic mass is 16.6. The maximum Gasteiger partial charge on any atom is 0.385 e. The number of rotatable bonds is 4. The Morgan fingerprint density at radius 2 is 2.28 bits per heavy atom. The molecular formula is C10H7N3O5. The number of nitrogens with one attached hydrogen (secondary N) is 1. The van der Waals surface area contributed by atoms with E-state index in [0.717, 1.165) is 6.20 Å². The molecular weight excluding hydrogens is 242 g/mol. The van der Waals surface area contributed by atoms with Gasteiger partial charge in [-0.1, -0.05) is 11.2 Å². The monoisotopic (exact) mass is 249 g/mol. The lowest BCUT2D eigenvalue weighted by Crippen LogP contribution is -1.96. The fraction of sp³-hybridized carbons (Fsp3) is 0. The number of aromatic carboxylic acids is 1. The number of aromatic amines is 1. The SMILES string of the molecule is O=C(O)c1cccc(Oc2cn[nH]c2[N+](=O)[O-])c1. The molecule has 0 unspecified atom stereocenters. The van der Waals surface area contributed by atoms with E-state index < -0.39 is 16.7 Å². The number of carboxylic acids is 1. The number of hydrogen-bond donors (Lipinski definition) is 2. The number of benzene rings is 1. The van der Waals surface area contributed by atoms with E-state index >= 15 is 0 Å². The van der Waals surface area contributed by atoms with Crippen molar-refractivity contribution in [3.05, 3.63) is 46.1 Å². The molecule has 18 heavy (non-hydrogen) atoms. The van der Waals surface area contributed by atoms with Gasteiger partial charge >= 0.3 is 11.8 Å². The van der Waals surface area contributed by atoms with E-state index in [4.69, 9.17) is 9.84 Å². The van der Waals surface area contributed by atoms with Crippen LogP contribution in [0.3, 0.4) is 0 Å². The van der Waals surface area contributed by atoms with Crippen molar-refractivity contribution in [2.45, 2.75) is 0 Å². The molecule has 0 saturated carbocycles. The second-order valence-corrected chi connectivity index (χ2v) is 3.28. The number of nitrogens with zero attached hydrogens (tertiary/aromatic N) is 2. The van der Waals surface area contributed by atoms with E-state index in [1.165, 1.54) is 24.3 Å². The minimum Gasteiger partial charge on any atom is -0.478 e. The molecule has 0 bridgehead atoms. The van der Waals surface area contributed by atoms with Crippen LogP contribution in [0.2, 0.25) is 0 Å². The minimum atomic E-state index is -1.11. The average molecular weight is 249 g/mol. The van der Waals surface area contributed by atoms with Crippen LogP contribution in [-0.4, -0.2) is 26.2 Å². The maximum atomic E-state index is 10.7. The third-order valence-electron chi connectivity index (χ3n) is 2.08. The smallest absolute Gasteiger partial charge is 0.385 e. The molecule has 8 heteroatoms.